The minimum absolute atomic E-state index is 0.00181. The van der Waals surface area contributed by atoms with Gasteiger partial charge in [-0.3, -0.25) is 9.59 Å². The Hall–Kier alpha value is -4.44. The van der Waals surface area contributed by atoms with Gasteiger partial charge in [0.25, 0.3) is 0 Å². The van der Waals surface area contributed by atoms with Crippen molar-refractivity contribution in [1.82, 2.24) is 15.5 Å². The van der Waals surface area contributed by atoms with E-state index in [1.807, 2.05) is 36.4 Å². The monoisotopic (exact) mass is 617 g/mol. The van der Waals surface area contributed by atoms with Gasteiger partial charge in [-0.15, -0.1) is 13.2 Å². The number of nitrogens with one attached hydrogen (secondary N) is 2. The fourth-order valence-electron chi connectivity index (χ4n) is 6.05. The highest BCUT2D eigenvalue weighted by Gasteiger charge is 2.32. The Morgan fingerprint density at radius 2 is 1.69 bits per heavy atom. The van der Waals surface area contributed by atoms with Crippen LogP contribution in [0.25, 0.3) is 11.1 Å². The van der Waals surface area contributed by atoms with Crippen LogP contribution in [0, 0.1) is 5.92 Å². The van der Waals surface area contributed by atoms with Crippen molar-refractivity contribution in [3.63, 3.8) is 0 Å². The van der Waals surface area contributed by atoms with Crippen LogP contribution in [0.5, 0.6) is 0 Å². The Kier molecular flexibility index (Phi) is 12.3. The first-order chi connectivity index (χ1) is 21.9. The number of rotatable bonds is 16. The molecule has 0 radical (unpaired) electrons. The predicted molar refractivity (Wildman–Crippen MR) is 170 cm³/mol. The quantitative estimate of drug-likeness (QED) is 0.147. The molecule has 1 fully saturated rings. The lowest BCUT2D eigenvalue weighted by molar-refractivity contribution is -0.146. The number of hydrogen-bond donors (Lipinski definition) is 3. The molecule has 3 atom stereocenters. The van der Waals surface area contributed by atoms with Gasteiger partial charge < -0.3 is 30.1 Å². The first-order valence-electron chi connectivity index (χ1n) is 15.6. The van der Waals surface area contributed by atoms with E-state index < -0.39 is 24.0 Å². The first kappa shape index (κ1) is 33.5. The summed E-state index contributed by atoms with van der Waals surface area (Å²) in [5.74, 6) is -1.91. The summed E-state index contributed by atoms with van der Waals surface area (Å²) in [5.41, 5.74) is 4.40. The van der Waals surface area contributed by atoms with Crippen molar-refractivity contribution in [2.24, 2.45) is 5.92 Å². The summed E-state index contributed by atoms with van der Waals surface area (Å²) in [6.45, 7) is 7.89. The number of ether oxygens (including phenoxy) is 2. The molecule has 45 heavy (non-hydrogen) atoms. The highest BCUT2D eigenvalue weighted by Crippen LogP contribution is 2.44. The molecule has 240 valence electrons. The van der Waals surface area contributed by atoms with Crippen molar-refractivity contribution < 1.29 is 33.8 Å². The molecule has 1 heterocycles. The van der Waals surface area contributed by atoms with Crippen molar-refractivity contribution >= 4 is 23.9 Å². The highest BCUT2D eigenvalue weighted by molar-refractivity contribution is 5.86. The third-order valence-corrected chi connectivity index (χ3v) is 8.38. The van der Waals surface area contributed by atoms with Gasteiger partial charge in [0, 0.05) is 18.9 Å². The van der Waals surface area contributed by atoms with Gasteiger partial charge in [-0.1, -0.05) is 60.7 Å². The van der Waals surface area contributed by atoms with E-state index in [2.05, 4.69) is 35.9 Å². The molecule has 1 aliphatic carbocycles. The van der Waals surface area contributed by atoms with E-state index in [0.29, 0.717) is 19.4 Å². The number of benzene rings is 2. The molecule has 10 heteroatoms. The van der Waals surface area contributed by atoms with Gasteiger partial charge in [0.15, 0.2) is 0 Å². The lowest BCUT2D eigenvalue weighted by Crippen LogP contribution is -2.43. The Labute approximate surface area is 264 Å². The number of allylic oxidation sites excluding steroid dienone is 2. The second kappa shape index (κ2) is 16.6. The van der Waals surface area contributed by atoms with Crippen molar-refractivity contribution in [1.29, 1.82) is 0 Å². The minimum Gasteiger partial charge on any atom is -0.462 e. The van der Waals surface area contributed by atoms with Crippen molar-refractivity contribution in [3.05, 3.63) is 85.0 Å². The fourth-order valence-corrected chi connectivity index (χ4v) is 6.05. The number of hydrogen-bond acceptors (Lipinski definition) is 7. The number of carbonyl (C=O) groups excluding carboxylic acids is 4. The van der Waals surface area contributed by atoms with Gasteiger partial charge in [-0.2, -0.15) is 0 Å². The molecular formula is C35H43N3O7. The van der Waals surface area contributed by atoms with Crippen LogP contribution >= 0.6 is 0 Å². The van der Waals surface area contributed by atoms with Crippen LogP contribution in [-0.4, -0.2) is 78.9 Å². The van der Waals surface area contributed by atoms with E-state index in [4.69, 9.17) is 9.47 Å². The van der Waals surface area contributed by atoms with Crippen LogP contribution in [0.4, 0.5) is 4.79 Å². The molecule has 0 aromatic heterocycles. The number of aliphatic hydroxyl groups excluding tert-OH is 1. The number of amides is 3. The zero-order chi connectivity index (χ0) is 32.2. The summed E-state index contributed by atoms with van der Waals surface area (Å²) in [6.07, 6.45) is 5.12. The number of likely N-dealkylation sites (tertiary alicyclic amines) is 1. The maximum absolute atomic E-state index is 12.9. The molecular weight excluding hydrogens is 574 g/mol. The van der Waals surface area contributed by atoms with Crippen LogP contribution in [0.2, 0.25) is 0 Å². The second-order valence-electron chi connectivity index (χ2n) is 11.3. The summed E-state index contributed by atoms with van der Waals surface area (Å²) in [4.78, 5) is 52.9. The molecule has 10 nitrogen and oxygen atoms in total. The number of fused-ring (bicyclic) bond motifs is 3. The molecule has 1 saturated heterocycles. The maximum atomic E-state index is 12.9. The molecule has 3 N–H and O–H groups in total. The zero-order valence-corrected chi connectivity index (χ0v) is 25.6. The van der Waals surface area contributed by atoms with E-state index in [0.717, 1.165) is 35.1 Å². The minimum atomic E-state index is -0.958. The van der Waals surface area contributed by atoms with Gasteiger partial charge in [-0.25, -0.2) is 9.59 Å². The van der Waals surface area contributed by atoms with Crippen LogP contribution in [0.1, 0.15) is 55.6 Å². The van der Waals surface area contributed by atoms with Crippen molar-refractivity contribution in [2.75, 3.05) is 32.9 Å². The molecule has 2 aromatic rings. The second-order valence-corrected chi connectivity index (χ2v) is 11.3. The average molecular weight is 618 g/mol. The summed E-state index contributed by atoms with van der Waals surface area (Å²) in [5, 5.41) is 14.9. The Morgan fingerprint density at radius 3 is 2.33 bits per heavy atom. The van der Waals surface area contributed by atoms with E-state index in [9.17, 15) is 24.3 Å². The molecule has 0 unspecified atom stereocenters. The number of alkyl carbamates (subject to hydrolysis) is 1. The number of aliphatic hydroxyl groups is 1. The molecule has 4 rings (SSSR count). The van der Waals surface area contributed by atoms with Crippen LogP contribution < -0.4 is 10.6 Å². The van der Waals surface area contributed by atoms with Crippen molar-refractivity contribution in [3.8, 4) is 11.1 Å². The lowest BCUT2D eigenvalue weighted by Gasteiger charge is -2.25. The highest BCUT2D eigenvalue weighted by atomic mass is 16.6. The van der Waals surface area contributed by atoms with Gasteiger partial charge in [0.05, 0.1) is 25.1 Å². The molecule has 0 saturated carbocycles. The van der Waals surface area contributed by atoms with Crippen LogP contribution in [-0.2, 0) is 23.9 Å². The molecule has 0 bridgehead atoms. The first-order valence-corrected chi connectivity index (χ1v) is 15.6. The summed E-state index contributed by atoms with van der Waals surface area (Å²) in [6, 6.07) is 14.9. The third-order valence-electron chi connectivity index (χ3n) is 8.38. The smallest absolute Gasteiger partial charge is 0.407 e. The lowest BCUT2D eigenvalue weighted by atomic mass is 9.98. The molecule has 2 aromatic carbocycles. The largest absolute Gasteiger partial charge is 0.462 e. The number of nitrogens with zero attached hydrogens (tertiary/aromatic N) is 1. The summed E-state index contributed by atoms with van der Waals surface area (Å²) < 4.78 is 11.0. The standard InChI is InChI=1S/C35H43N3O7/c1-3-5-17-31(37-35(43)45-23-30-28-15-8-6-13-26(28)27-14-7-9-16-29(27)30)34(42)44-20-18-36-33(41)24(11-4-2)21-32(40)38-19-10-12-25(38)22-39/h3-4,6-9,13-16,24-25,30-31,39H,1-2,5,10-12,17-23H2,(H,36,41)(H,37,43)/t24-,25-,31-/m0/s1. The number of esters is 1. The number of carbonyl (C=O) groups is 4. The SMILES string of the molecule is C=CCC[C@H](NC(=O)OCC1c2ccccc2-c2ccccc21)C(=O)OCCNC(=O)[C@@H](CC=C)CC(=O)N1CCC[C@H]1CO. The Morgan fingerprint density at radius 1 is 1.00 bits per heavy atom. The Balaban J connectivity index is 1.24. The Bertz CT molecular complexity index is 1330. The van der Waals surface area contributed by atoms with Crippen LogP contribution in [0.15, 0.2) is 73.8 Å². The summed E-state index contributed by atoms with van der Waals surface area (Å²) in [7, 11) is 0. The van der Waals surface area contributed by atoms with Gasteiger partial charge in [0.1, 0.15) is 19.3 Å². The average Bonchev–Trinajstić information content (AvgIpc) is 3.66. The molecule has 0 spiro atoms. The third kappa shape index (κ3) is 8.60. The van der Waals surface area contributed by atoms with Gasteiger partial charge in [0.2, 0.25) is 11.8 Å². The topological polar surface area (TPSA) is 134 Å². The van der Waals surface area contributed by atoms with E-state index in [-0.39, 0.29) is 63.0 Å². The summed E-state index contributed by atoms with van der Waals surface area (Å²) >= 11 is 0. The van der Waals surface area contributed by atoms with Gasteiger partial charge in [-0.05, 0) is 54.4 Å². The normalized spacial score (nSPS) is 16.6. The van der Waals surface area contributed by atoms with Gasteiger partial charge >= 0.3 is 12.1 Å². The molecule has 1 aliphatic heterocycles. The van der Waals surface area contributed by atoms with E-state index >= 15 is 0 Å². The molecule has 2 aliphatic rings. The fraction of sp³-hybridized carbons (Fsp3) is 0.429. The van der Waals surface area contributed by atoms with E-state index in [1.165, 1.54) is 0 Å². The zero-order valence-electron chi connectivity index (χ0n) is 25.6. The maximum Gasteiger partial charge on any atom is 0.407 e. The predicted octanol–water partition coefficient (Wildman–Crippen LogP) is 4.09. The van der Waals surface area contributed by atoms with E-state index in [1.54, 1.807) is 17.1 Å². The molecule has 3 amide bonds. The van der Waals surface area contributed by atoms with Crippen LogP contribution in [0.3, 0.4) is 0 Å². The van der Waals surface area contributed by atoms with Crippen molar-refractivity contribution in [2.45, 2.75) is 56.5 Å².